The van der Waals surface area contributed by atoms with Crippen molar-refractivity contribution >= 4 is 27.5 Å². The highest BCUT2D eigenvalue weighted by Gasteiger charge is 2.05. The second-order valence-electron chi connectivity index (χ2n) is 3.66. The second-order valence-corrected chi connectivity index (χ2v) is 4.89. The van der Waals surface area contributed by atoms with Gasteiger partial charge in [-0.15, -0.1) is 11.6 Å². The number of hydrogen-bond donors (Lipinski definition) is 0. The molecule has 0 aliphatic rings. The van der Waals surface area contributed by atoms with Crippen LogP contribution in [-0.4, -0.2) is 23.9 Å². The third-order valence-corrected chi connectivity index (χ3v) is 3.32. The van der Waals surface area contributed by atoms with Gasteiger partial charge in [0.25, 0.3) is 0 Å². The lowest BCUT2D eigenvalue weighted by atomic mass is 10.2. The van der Waals surface area contributed by atoms with Crippen LogP contribution in [0.25, 0.3) is 0 Å². The zero-order chi connectivity index (χ0) is 12.0. The highest BCUT2D eigenvalue weighted by atomic mass is 79.9. The number of nitrogens with zero attached hydrogens (tertiary/aromatic N) is 1. The van der Waals surface area contributed by atoms with E-state index >= 15 is 0 Å². The smallest absolute Gasteiger partial charge is 0.137 e. The van der Waals surface area contributed by atoms with Gasteiger partial charge in [-0.3, -0.25) is 4.90 Å². The van der Waals surface area contributed by atoms with Crippen molar-refractivity contribution in [3.8, 4) is 0 Å². The Morgan fingerprint density at radius 1 is 1.44 bits per heavy atom. The minimum absolute atomic E-state index is 0.215. The zero-order valence-electron chi connectivity index (χ0n) is 9.35. The summed E-state index contributed by atoms with van der Waals surface area (Å²) >= 11 is 8.86. The maximum Gasteiger partial charge on any atom is 0.137 e. The fourth-order valence-electron chi connectivity index (χ4n) is 1.53. The molecule has 0 aromatic heterocycles. The van der Waals surface area contributed by atoms with E-state index in [0.717, 1.165) is 31.6 Å². The van der Waals surface area contributed by atoms with Gasteiger partial charge in [0.15, 0.2) is 0 Å². The molecule has 0 radical (unpaired) electrons. The van der Waals surface area contributed by atoms with Gasteiger partial charge in [0.05, 0.1) is 4.47 Å². The molecule has 1 aromatic rings. The molecule has 1 nitrogen and oxygen atoms in total. The number of alkyl halides is 1. The van der Waals surface area contributed by atoms with Crippen LogP contribution in [0.2, 0.25) is 0 Å². The molecule has 16 heavy (non-hydrogen) atoms. The van der Waals surface area contributed by atoms with Crippen molar-refractivity contribution in [1.29, 1.82) is 0 Å². The summed E-state index contributed by atoms with van der Waals surface area (Å²) in [6.07, 6.45) is 0.984. The molecule has 1 aromatic carbocycles. The van der Waals surface area contributed by atoms with Gasteiger partial charge >= 0.3 is 0 Å². The lowest BCUT2D eigenvalue weighted by Crippen LogP contribution is -2.24. The Bertz CT molecular complexity index is 333. The first kappa shape index (κ1) is 13.9. The fraction of sp³-hybridized carbons (Fsp3) is 0.500. The first-order valence-electron chi connectivity index (χ1n) is 5.39. The number of rotatable bonds is 6. The summed E-state index contributed by atoms with van der Waals surface area (Å²) in [6, 6.07) is 5.15. The van der Waals surface area contributed by atoms with Crippen LogP contribution in [0, 0.1) is 5.82 Å². The van der Waals surface area contributed by atoms with E-state index in [-0.39, 0.29) is 5.82 Å². The average Bonchev–Trinajstić information content (AvgIpc) is 2.29. The Hall–Kier alpha value is -0.120. The molecule has 0 aliphatic carbocycles. The summed E-state index contributed by atoms with van der Waals surface area (Å²) < 4.78 is 13.6. The quantitative estimate of drug-likeness (QED) is 0.717. The normalized spacial score (nSPS) is 11.1. The molecule has 90 valence electrons. The second kappa shape index (κ2) is 7.25. The average molecular weight is 309 g/mol. The number of halogens is 3. The van der Waals surface area contributed by atoms with Gasteiger partial charge in [-0.25, -0.2) is 4.39 Å². The van der Waals surface area contributed by atoms with Crippen LogP contribution < -0.4 is 0 Å². The van der Waals surface area contributed by atoms with E-state index in [1.807, 2.05) is 12.1 Å². The largest absolute Gasteiger partial charge is 0.299 e. The Labute approximate surface area is 110 Å². The lowest BCUT2D eigenvalue weighted by Gasteiger charge is -2.20. The molecule has 0 N–H and O–H groups in total. The van der Waals surface area contributed by atoms with Gasteiger partial charge < -0.3 is 0 Å². The summed E-state index contributed by atoms with van der Waals surface area (Å²) in [5.41, 5.74) is 1.12. The Morgan fingerprint density at radius 3 is 2.75 bits per heavy atom. The maximum absolute atomic E-state index is 13.0. The molecule has 0 heterocycles. The molecule has 0 aliphatic heterocycles. The van der Waals surface area contributed by atoms with E-state index in [1.165, 1.54) is 6.07 Å². The third kappa shape index (κ3) is 4.40. The standard InChI is InChI=1S/C12H16BrClFN/c1-2-16(7-3-6-14)9-10-4-5-12(15)11(13)8-10/h4-5,8H,2-3,6-7,9H2,1H3. The van der Waals surface area contributed by atoms with Crippen LogP contribution >= 0.6 is 27.5 Å². The fourth-order valence-corrected chi connectivity index (χ4v) is 2.07. The van der Waals surface area contributed by atoms with Gasteiger partial charge in [0.1, 0.15) is 5.82 Å². The lowest BCUT2D eigenvalue weighted by molar-refractivity contribution is 0.281. The number of benzene rings is 1. The van der Waals surface area contributed by atoms with E-state index in [0.29, 0.717) is 10.4 Å². The van der Waals surface area contributed by atoms with E-state index in [2.05, 4.69) is 27.8 Å². The van der Waals surface area contributed by atoms with Crippen LogP contribution in [0.5, 0.6) is 0 Å². The van der Waals surface area contributed by atoms with Gasteiger partial charge in [-0.1, -0.05) is 13.0 Å². The Balaban J connectivity index is 2.59. The summed E-state index contributed by atoms with van der Waals surface area (Å²) in [5, 5.41) is 0. The zero-order valence-corrected chi connectivity index (χ0v) is 11.7. The molecule has 0 atom stereocenters. The van der Waals surface area contributed by atoms with Crippen molar-refractivity contribution in [3.05, 3.63) is 34.1 Å². The van der Waals surface area contributed by atoms with Gasteiger partial charge in [-0.05, 0) is 53.1 Å². The Kier molecular flexibility index (Phi) is 6.32. The van der Waals surface area contributed by atoms with Crippen molar-refractivity contribution in [2.24, 2.45) is 0 Å². The van der Waals surface area contributed by atoms with Gasteiger partial charge in [0, 0.05) is 12.4 Å². The molecular formula is C12H16BrClFN. The monoisotopic (exact) mass is 307 g/mol. The van der Waals surface area contributed by atoms with E-state index in [1.54, 1.807) is 0 Å². The molecule has 0 unspecified atom stereocenters. The molecule has 0 saturated carbocycles. The molecular weight excluding hydrogens is 292 g/mol. The summed E-state index contributed by atoms with van der Waals surface area (Å²) in [5.74, 6) is 0.469. The predicted octanol–water partition coefficient (Wildman–Crippen LogP) is 4.04. The van der Waals surface area contributed by atoms with Crippen LogP contribution in [-0.2, 0) is 6.54 Å². The van der Waals surface area contributed by atoms with Crippen LogP contribution in [0.4, 0.5) is 4.39 Å². The highest BCUT2D eigenvalue weighted by molar-refractivity contribution is 9.10. The van der Waals surface area contributed by atoms with Gasteiger partial charge in [0.2, 0.25) is 0 Å². The topological polar surface area (TPSA) is 3.24 Å². The molecule has 0 saturated heterocycles. The molecule has 0 amide bonds. The Morgan fingerprint density at radius 2 is 2.19 bits per heavy atom. The first-order chi connectivity index (χ1) is 7.67. The van der Waals surface area contributed by atoms with E-state index in [4.69, 9.17) is 11.6 Å². The third-order valence-electron chi connectivity index (χ3n) is 2.45. The van der Waals surface area contributed by atoms with Crippen molar-refractivity contribution in [1.82, 2.24) is 4.90 Å². The van der Waals surface area contributed by atoms with Crippen molar-refractivity contribution in [2.75, 3.05) is 19.0 Å². The predicted molar refractivity (Wildman–Crippen MR) is 70.4 cm³/mol. The summed E-state index contributed by atoms with van der Waals surface area (Å²) in [6.45, 7) is 4.92. The van der Waals surface area contributed by atoms with Crippen LogP contribution in [0.3, 0.4) is 0 Å². The first-order valence-corrected chi connectivity index (χ1v) is 6.72. The van der Waals surface area contributed by atoms with Crippen LogP contribution in [0.15, 0.2) is 22.7 Å². The molecule has 4 heteroatoms. The minimum Gasteiger partial charge on any atom is -0.299 e. The number of hydrogen-bond acceptors (Lipinski definition) is 1. The molecule has 1 rings (SSSR count). The van der Waals surface area contributed by atoms with Crippen LogP contribution in [0.1, 0.15) is 18.9 Å². The van der Waals surface area contributed by atoms with E-state index < -0.39 is 0 Å². The SMILES string of the molecule is CCN(CCCCl)Cc1ccc(F)c(Br)c1. The maximum atomic E-state index is 13.0. The van der Waals surface area contributed by atoms with Crippen molar-refractivity contribution < 1.29 is 4.39 Å². The van der Waals surface area contributed by atoms with Crippen molar-refractivity contribution in [3.63, 3.8) is 0 Å². The van der Waals surface area contributed by atoms with E-state index in [9.17, 15) is 4.39 Å². The summed E-state index contributed by atoms with van der Waals surface area (Å²) in [7, 11) is 0. The molecule has 0 fully saturated rings. The summed E-state index contributed by atoms with van der Waals surface area (Å²) in [4.78, 5) is 2.29. The molecule has 0 bridgehead atoms. The highest BCUT2D eigenvalue weighted by Crippen LogP contribution is 2.18. The minimum atomic E-state index is -0.215. The molecule has 0 spiro atoms. The van der Waals surface area contributed by atoms with Crippen molar-refractivity contribution in [2.45, 2.75) is 19.9 Å². The van der Waals surface area contributed by atoms with Gasteiger partial charge in [-0.2, -0.15) is 0 Å².